The van der Waals surface area contributed by atoms with Gasteiger partial charge in [-0.15, -0.1) is 21.5 Å². The van der Waals surface area contributed by atoms with Crippen LogP contribution in [0.3, 0.4) is 0 Å². The molecule has 0 aliphatic rings. The fraction of sp³-hybridized carbons (Fsp3) is 0.200. The first-order valence-corrected chi connectivity index (χ1v) is 8.31. The summed E-state index contributed by atoms with van der Waals surface area (Å²) in [6, 6.07) is 14.6. The third kappa shape index (κ3) is 2.94. The first kappa shape index (κ1) is 13.4. The van der Waals surface area contributed by atoms with Gasteiger partial charge in [0, 0.05) is 12.8 Å². The molecule has 0 saturated carbocycles. The molecule has 0 bridgehead atoms. The van der Waals surface area contributed by atoms with Crippen LogP contribution in [-0.4, -0.2) is 20.5 Å². The number of aromatic nitrogens is 3. The Bertz CT molecular complexity index is 660. The van der Waals surface area contributed by atoms with E-state index in [4.69, 9.17) is 0 Å². The topological polar surface area (TPSA) is 30.7 Å². The van der Waals surface area contributed by atoms with E-state index >= 15 is 0 Å². The summed E-state index contributed by atoms with van der Waals surface area (Å²) in [5.41, 5.74) is 1.36. The number of benzene rings is 1. The summed E-state index contributed by atoms with van der Waals surface area (Å²) in [4.78, 5) is 1.16. The minimum absolute atomic E-state index is 0.946. The van der Waals surface area contributed by atoms with Crippen LogP contribution in [0.15, 0.2) is 53.0 Å². The number of hydrogen-bond acceptors (Lipinski definition) is 4. The van der Waals surface area contributed by atoms with Crippen molar-refractivity contribution < 1.29 is 0 Å². The zero-order chi connectivity index (χ0) is 13.8. The molecule has 2 aromatic heterocycles. The van der Waals surface area contributed by atoms with E-state index in [0.29, 0.717) is 0 Å². The molecule has 1 aromatic carbocycles. The number of hydrogen-bond donors (Lipinski definition) is 0. The number of thiophene rings is 1. The fourth-order valence-electron chi connectivity index (χ4n) is 1.97. The highest BCUT2D eigenvalue weighted by Gasteiger charge is 2.11. The monoisotopic (exact) mass is 301 g/mol. The van der Waals surface area contributed by atoms with Gasteiger partial charge in [-0.05, 0) is 23.4 Å². The van der Waals surface area contributed by atoms with Crippen molar-refractivity contribution in [1.82, 2.24) is 14.8 Å². The maximum atomic E-state index is 4.29. The van der Waals surface area contributed by atoms with E-state index in [1.165, 1.54) is 5.56 Å². The van der Waals surface area contributed by atoms with Crippen LogP contribution in [0.1, 0.15) is 5.56 Å². The Balaban J connectivity index is 1.64. The molecule has 0 atom stereocenters. The first-order chi connectivity index (χ1) is 9.84. The third-order valence-corrected chi connectivity index (χ3v) is 4.93. The highest BCUT2D eigenvalue weighted by molar-refractivity contribution is 7.99. The average Bonchev–Trinajstić information content (AvgIpc) is 3.11. The highest BCUT2D eigenvalue weighted by Crippen LogP contribution is 2.26. The van der Waals surface area contributed by atoms with Gasteiger partial charge < -0.3 is 4.57 Å². The minimum Gasteiger partial charge on any atom is -0.305 e. The van der Waals surface area contributed by atoms with E-state index in [0.717, 1.165) is 28.0 Å². The van der Waals surface area contributed by atoms with Gasteiger partial charge in [-0.2, -0.15) is 0 Å². The van der Waals surface area contributed by atoms with Crippen molar-refractivity contribution in [2.75, 3.05) is 5.75 Å². The summed E-state index contributed by atoms with van der Waals surface area (Å²) in [5.74, 6) is 1.96. The van der Waals surface area contributed by atoms with Crippen LogP contribution in [-0.2, 0) is 13.5 Å². The first-order valence-electron chi connectivity index (χ1n) is 6.44. The van der Waals surface area contributed by atoms with E-state index in [1.54, 1.807) is 23.1 Å². The van der Waals surface area contributed by atoms with Crippen molar-refractivity contribution in [3.63, 3.8) is 0 Å². The second kappa shape index (κ2) is 6.24. The summed E-state index contributed by atoms with van der Waals surface area (Å²) in [6.45, 7) is 0. The Hall–Kier alpha value is -1.59. The second-order valence-electron chi connectivity index (χ2n) is 4.43. The van der Waals surface area contributed by atoms with Crippen LogP contribution < -0.4 is 0 Å². The van der Waals surface area contributed by atoms with Gasteiger partial charge in [0.2, 0.25) is 0 Å². The van der Waals surface area contributed by atoms with Crippen LogP contribution in [0.5, 0.6) is 0 Å². The molecule has 3 nitrogen and oxygen atoms in total. The number of thioether (sulfide) groups is 1. The zero-order valence-corrected chi connectivity index (χ0v) is 12.8. The molecule has 0 amide bonds. The van der Waals surface area contributed by atoms with Gasteiger partial charge in [-0.3, -0.25) is 0 Å². The smallest absolute Gasteiger partial charge is 0.191 e. The highest BCUT2D eigenvalue weighted by atomic mass is 32.2. The lowest BCUT2D eigenvalue weighted by Gasteiger charge is -2.03. The Morgan fingerprint density at radius 2 is 1.95 bits per heavy atom. The quantitative estimate of drug-likeness (QED) is 0.670. The van der Waals surface area contributed by atoms with Crippen LogP contribution in [0.25, 0.3) is 10.7 Å². The lowest BCUT2D eigenvalue weighted by Crippen LogP contribution is -1.95. The molecule has 0 aliphatic heterocycles. The fourth-order valence-corrected chi connectivity index (χ4v) is 3.61. The van der Waals surface area contributed by atoms with Gasteiger partial charge in [0.15, 0.2) is 11.0 Å². The summed E-state index contributed by atoms with van der Waals surface area (Å²) in [7, 11) is 2.03. The number of rotatable bonds is 5. The summed E-state index contributed by atoms with van der Waals surface area (Å²) < 4.78 is 2.07. The standard InChI is InChI=1S/C15H15N3S2/c1-18-14(13-8-5-10-19-13)16-17-15(18)20-11-9-12-6-3-2-4-7-12/h2-8,10H,9,11H2,1H3. The third-order valence-electron chi connectivity index (χ3n) is 3.04. The van der Waals surface area contributed by atoms with Crippen molar-refractivity contribution in [2.45, 2.75) is 11.6 Å². The predicted molar refractivity (Wildman–Crippen MR) is 85.2 cm³/mol. The number of nitrogens with zero attached hydrogens (tertiary/aromatic N) is 3. The molecule has 0 aliphatic carbocycles. The molecule has 3 aromatic rings. The molecule has 0 fully saturated rings. The molecule has 20 heavy (non-hydrogen) atoms. The Morgan fingerprint density at radius 3 is 2.70 bits per heavy atom. The van der Waals surface area contributed by atoms with E-state index in [-0.39, 0.29) is 0 Å². The molecule has 102 valence electrons. The minimum atomic E-state index is 0.946. The average molecular weight is 301 g/mol. The molecular weight excluding hydrogens is 286 g/mol. The normalized spacial score (nSPS) is 10.8. The molecule has 0 N–H and O–H groups in total. The molecule has 5 heteroatoms. The molecule has 3 rings (SSSR count). The maximum Gasteiger partial charge on any atom is 0.191 e. The molecule has 0 radical (unpaired) electrons. The summed E-state index contributed by atoms with van der Waals surface area (Å²) >= 11 is 3.45. The van der Waals surface area contributed by atoms with Gasteiger partial charge in [-0.1, -0.05) is 48.2 Å². The van der Waals surface area contributed by atoms with Gasteiger partial charge in [0.1, 0.15) is 0 Å². The van der Waals surface area contributed by atoms with Crippen molar-refractivity contribution in [3.8, 4) is 10.7 Å². The van der Waals surface area contributed by atoms with Gasteiger partial charge in [0.25, 0.3) is 0 Å². The largest absolute Gasteiger partial charge is 0.305 e. The Morgan fingerprint density at radius 1 is 1.10 bits per heavy atom. The van der Waals surface area contributed by atoms with E-state index in [1.807, 2.05) is 19.2 Å². The van der Waals surface area contributed by atoms with Crippen LogP contribution >= 0.6 is 23.1 Å². The zero-order valence-electron chi connectivity index (χ0n) is 11.2. The van der Waals surface area contributed by atoms with Crippen molar-refractivity contribution in [3.05, 3.63) is 53.4 Å². The maximum absolute atomic E-state index is 4.29. The van der Waals surface area contributed by atoms with Crippen LogP contribution in [0.2, 0.25) is 0 Å². The van der Waals surface area contributed by atoms with E-state index in [9.17, 15) is 0 Å². The van der Waals surface area contributed by atoms with Crippen molar-refractivity contribution in [1.29, 1.82) is 0 Å². The molecular formula is C15H15N3S2. The van der Waals surface area contributed by atoms with Crippen LogP contribution in [0.4, 0.5) is 0 Å². The lowest BCUT2D eigenvalue weighted by atomic mass is 10.2. The predicted octanol–water partition coefficient (Wildman–Crippen LogP) is 3.88. The van der Waals surface area contributed by atoms with Crippen LogP contribution in [0, 0.1) is 0 Å². The van der Waals surface area contributed by atoms with Crippen molar-refractivity contribution in [2.24, 2.45) is 7.05 Å². The molecule has 0 saturated heterocycles. The van der Waals surface area contributed by atoms with Crippen molar-refractivity contribution >= 4 is 23.1 Å². The van der Waals surface area contributed by atoms with Gasteiger partial charge in [0.05, 0.1) is 4.88 Å². The van der Waals surface area contributed by atoms with E-state index in [2.05, 4.69) is 50.5 Å². The number of aryl methyl sites for hydroxylation is 1. The molecule has 0 spiro atoms. The summed E-state index contributed by atoms with van der Waals surface area (Å²) in [6.07, 6.45) is 1.05. The second-order valence-corrected chi connectivity index (χ2v) is 6.44. The Kier molecular flexibility index (Phi) is 4.18. The Labute approximate surface area is 126 Å². The molecule has 2 heterocycles. The van der Waals surface area contributed by atoms with Gasteiger partial charge >= 0.3 is 0 Å². The SMILES string of the molecule is Cn1c(SCCc2ccccc2)nnc1-c1cccs1. The lowest BCUT2D eigenvalue weighted by molar-refractivity contribution is 0.794. The van der Waals surface area contributed by atoms with E-state index < -0.39 is 0 Å². The van der Waals surface area contributed by atoms with Gasteiger partial charge in [-0.25, -0.2) is 0 Å². The molecule has 0 unspecified atom stereocenters. The summed E-state index contributed by atoms with van der Waals surface area (Å²) in [5, 5.41) is 11.6.